The van der Waals surface area contributed by atoms with E-state index in [1.165, 1.54) is 18.2 Å². The van der Waals surface area contributed by atoms with Crippen LogP contribution in [0, 0.1) is 0 Å². The minimum absolute atomic E-state index is 0.0811. The Kier molecular flexibility index (Phi) is 7.42. The third kappa shape index (κ3) is 5.45. The molecule has 1 aromatic heterocycles. The fraction of sp³-hybridized carbons (Fsp3) is 0.417. The van der Waals surface area contributed by atoms with Crippen LogP contribution in [0.1, 0.15) is 49.6 Å². The van der Waals surface area contributed by atoms with Gasteiger partial charge in [0.15, 0.2) is 0 Å². The van der Waals surface area contributed by atoms with Gasteiger partial charge in [-0.3, -0.25) is 4.79 Å². The van der Waals surface area contributed by atoms with E-state index >= 15 is 0 Å². The first-order chi connectivity index (χ1) is 14.1. The summed E-state index contributed by atoms with van der Waals surface area (Å²) in [4.78, 5) is 16.4. The second kappa shape index (κ2) is 10.2. The number of fused-ring (bicyclic) bond motifs is 1. The molecular weight excluding hydrogens is 362 g/mol. The molecule has 1 amide bonds. The molecule has 1 heterocycles. The summed E-state index contributed by atoms with van der Waals surface area (Å²) in [5.41, 5.74) is 4.83. The van der Waals surface area contributed by atoms with Crippen molar-refractivity contribution in [2.45, 2.75) is 45.6 Å². The van der Waals surface area contributed by atoms with Crippen LogP contribution in [0.5, 0.6) is 0 Å². The Labute approximate surface area is 173 Å². The van der Waals surface area contributed by atoms with Gasteiger partial charge in [-0.2, -0.15) is 0 Å². The average Bonchev–Trinajstić information content (AvgIpc) is 3.09. The lowest BCUT2D eigenvalue weighted by molar-refractivity contribution is -0.124. The van der Waals surface area contributed by atoms with E-state index in [1.54, 1.807) is 0 Å². The Balaban J connectivity index is 1.74. The molecule has 0 spiro atoms. The van der Waals surface area contributed by atoms with Crippen LogP contribution >= 0.6 is 0 Å². The van der Waals surface area contributed by atoms with Gasteiger partial charge in [-0.15, -0.1) is 0 Å². The monoisotopic (exact) mass is 393 g/mol. The molecule has 5 nitrogen and oxygen atoms in total. The molecule has 0 aliphatic rings. The number of para-hydroxylation sites is 2. The summed E-state index contributed by atoms with van der Waals surface area (Å²) in [7, 11) is 1.53. The van der Waals surface area contributed by atoms with E-state index in [2.05, 4.69) is 66.2 Å². The Morgan fingerprint density at radius 1 is 1.17 bits per heavy atom. The predicted octanol–water partition coefficient (Wildman–Crippen LogP) is 4.29. The molecule has 154 valence electrons. The molecule has 0 aliphatic heterocycles. The fourth-order valence-electron chi connectivity index (χ4n) is 3.52. The number of ether oxygens (including phenoxy) is 1. The summed E-state index contributed by atoms with van der Waals surface area (Å²) in [6.07, 6.45) is 2.80. The van der Waals surface area contributed by atoms with Crippen molar-refractivity contribution in [3.63, 3.8) is 0 Å². The summed E-state index contributed by atoms with van der Waals surface area (Å²) < 4.78 is 7.14. The summed E-state index contributed by atoms with van der Waals surface area (Å²) >= 11 is 0. The van der Waals surface area contributed by atoms with Crippen molar-refractivity contribution in [1.29, 1.82) is 0 Å². The lowest BCUT2D eigenvalue weighted by atomic mass is 9.97. The zero-order chi connectivity index (χ0) is 20.6. The van der Waals surface area contributed by atoms with Gasteiger partial charge in [0.1, 0.15) is 12.4 Å². The highest BCUT2D eigenvalue weighted by Gasteiger charge is 2.11. The number of carbonyl (C=O) groups is 1. The molecule has 0 radical (unpaired) electrons. The topological polar surface area (TPSA) is 56.2 Å². The summed E-state index contributed by atoms with van der Waals surface area (Å²) in [5, 5.41) is 2.88. The predicted molar refractivity (Wildman–Crippen MR) is 117 cm³/mol. The van der Waals surface area contributed by atoms with Gasteiger partial charge >= 0.3 is 0 Å². The van der Waals surface area contributed by atoms with E-state index in [1.807, 2.05) is 6.07 Å². The minimum Gasteiger partial charge on any atom is -0.375 e. The molecule has 3 aromatic rings. The van der Waals surface area contributed by atoms with Gasteiger partial charge in [0.2, 0.25) is 5.91 Å². The summed E-state index contributed by atoms with van der Waals surface area (Å²) in [5.74, 6) is 1.56. The Bertz CT molecular complexity index is 931. The number of hydrogen-bond donors (Lipinski definition) is 1. The van der Waals surface area contributed by atoms with Gasteiger partial charge in [0.25, 0.3) is 0 Å². The van der Waals surface area contributed by atoms with Crippen LogP contribution in [-0.4, -0.2) is 35.7 Å². The molecule has 5 heteroatoms. The van der Waals surface area contributed by atoms with Crippen LogP contribution in [0.4, 0.5) is 0 Å². The van der Waals surface area contributed by atoms with Crippen LogP contribution < -0.4 is 5.32 Å². The second-order valence-electron chi connectivity index (χ2n) is 7.54. The summed E-state index contributed by atoms with van der Waals surface area (Å²) in [6, 6.07) is 17.2. The maximum absolute atomic E-state index is 11.5. The molecule has 1 atom stereocenters. The lowest BCUT2D eigenvalue weighted by Gasteiger charge is -2.12. The number of aromatic nitrogens is 2. The smallest absolute Gasteiger partial charge is 0.245 e. The number of nitrogens with zero attached hydrogens (tertiary/aromatic N) is 2. The van der Waals surface area contributed by atoms with Crippen molar-refractivity contribution < 1.29 is 9.53 Å². The highest BCUT2D eigenvalue weighted by molar-refractivity contribution is 5.77. The quantitative estimate of drug-likeness (QED) is 0.523. The molecule has 3 rings (SSSR count). The Hall–Kier alpha value is -2.66. The van der Waals surface area contributed by atoms with Crippen molar-refractivity contribution in [2.75, 3.05) is 20.3 Å². The largest absolute Gasteiger partial charge is 0.375 e. The van der Waals surface area contributed by atoms with Gasteiger partial charge < -0.3 is 14.6 Å². The van der Waals surface area contributed by atoms with Gasteiger partial charge in [0, 0.05) is 26.6 Å². The van der Waals surface area contributed by atoms with Gasteiger partial charge in [0.05, 0.1) is 11.0 Å². The van der Waals surface area contributed by atoms with Gasteiger partial charge in [-0.05, 0) is 42.0 Å². The van der Waals surface area contributed by atoms with Crippen LogP contribution in [-0.2, 0) is 22.5 Å². The number of nitrogens with one attached hydrogen (secondary N) is 1. The number of benzene rings is 2. The molecule has 0 saturated heterocycles. The van der Waals surface area contributed by atoms with Gasteiger partial charge in [-0.1, -0.05) is 50.2 Å². The normalized spacial score (nSPS) is 12.2. The van der Waals surface area contributed by atoms with Crippen molar-refractivity contribution >= 4 is 16.9 Å². The van der Waals surface area contributed by atoms with E-state index in [-0.39, 0.29) is 12.5 Å². The maximum Gasteiger partial charge on any atom is 0.245 e. The highest BCUT2D eigenvalue weighted by Crippen LogP contribution is 2.22. The summed E-state index contributed by atoms with van der Waals surface area (Å²) in [6.45, 7) is 6.01. The maximum atomic E-state index is 11.5. The number of imidazole rings is 1. The Morgan fingerprint density at radius 2 is 1.93 bits per heavy atom. The number of rotatable bonds is 10. The molecule has 0 fully saturated rings. The standard InChI is InChI=1S/C24H31N3O2/c1-4-18(2)20-13-11-19(12-14-20)16-27-22-9-6-5-8-21(22)26-23(27)10-7-15-25-24(28)17-29-3/h5-6,8-9,11-14,18H,4,7,10,15-17H2,1-3H3,(H,25,28). The molecule has 0 saturated carbocycles. The van der Waals surface area contributed by atoms with Crippen LogP contribution in [0.25, 0.3) is 11.0 Å². The molecular formula is C24H31N3O2. The van der Waals surface area contributed by atoms with Crippen LogP contribution in [0.2, 0.25) is 0 Å². The molecule has 0 aliphatic carbocycles. The number of amides is 1. The first-order valence-electron chi connectivity index (χ1n) is 10.4. The average molecular weight is 394 g/mol. The van der Waals surface area contributed by atoms with Crippen molar-refractivity contribution in [2.24, 2.45) is 0 Å². The van der Waals surface area contributed by atoms with Crippen molar-refractivity contribution in [3.8, 4) is 0 Å². The molecule has 0 bridgehead atoms. The van der Waals surface area contributed by atoms with Crippen LogP contribution in [0.15, 0.2) is 48.5 Å². The lowest BCUT2D eigenvalue weighted by Crippen LogP contribution is -2.28. The zero-order valence-electron chi connectivity index (χ0n) is 17.6. The zero-order valence-corrected chi connectivity index (χ0v) is 17.6. The van der Waals surface area contributed by atoms with Gasteiger partial charge in [-0.25, -0.2) is 4.98 Å². The fourth-order valence-corrected chi connectivity index (χ4v) is 3.52. The molecule has 29 heavy (non-hydrogen) atoms. The number of hydrogen-bond acceptors (Lipinski definition) is 3. The second-order valence-corrected chi connectivity index (χ2v) is 7.54. The molecule has 1 N–H and O–H groups in total. The van der Waals surface area contributed by atoms with E-state index in [0.717, 1.165) is 42.7 Å². The first kappa shape index (κ1) is 21.1. The molecule has 1 unspecified atom stereocenters. The highest BCUT2D eigenvalue weighted by atomic mass is 16.5. The first-order valence-corrected chi connectivity index (χ1v) is 10.4. The van der Waals surface area contributed by atoms with Crippen molar-refractivity contribution in [1.82, 2.24) is 14.9 Å². The Morgan fingerprint density at radius 3 is 2.66 bits per heavy atom. The molecule has 2 aromatic carbocycles. The third-order valence-corrected chi connectivity index (χ3v) is 5.41. The minimum atomic E-state index is -0.0811. The van der Waals surface area contributed by atoms with E-state index in [9.17, 15) is 4.79 Å². The van der Waals surface area contributed by atoms with E-state index in [4.69, 9.17) is 9.72 Å². The third-order valence-electron chi connectivity index (χ3n) is 5.41. The number of carbonyl (C=O) groups excluding carboxylic acids is 1. The van der Waals surface area contributed by atoms with E-state index < -0.39 is 0 Å². The van der Waals surface area contributed by atoms with Crippen LogP contribution in [0.3, 0.4) is 0 Å². The van der Waals surface area contributed by atoms with E-state index in [0.29, 0.717) is 12.5 Å². The SMILES string of the molecule is CCC(C)c1ccc(Cn2c(CCCNC(=O)COC)nc3ccccc32)cc1. The number of methoxy groups -OCH3 is 1. The van der Waals surface area contributed by atoms with Crippen molar-refractivity contribution in [3.05, 3.63) is 65.5 Å². The number of aryl methyl sites for hydroxylation is 1.